The van der Waals surface area contributed by atoms with Crippen molar-refractivity contribution < 1.29 is 78.2 Å². The van der Waals surface area contributed by atoms with Crippen LogP contribution in [0.15, 0.2) is 0 Å². The molecule has 0 rings (SSSR count). The number of hydrogen-bond donors (Lipinski definition) is 9. The summed E-state index contributed by atoms with van der Waals surface area (Å²) in [5.74, 6) is -8.62. The summed E-state index contributed by atoms with van der Waals surface area (Å²) in [6, 6.07) is 0. The summed E-state index contributed by atoms with van der Waals surface area (Å²) in [5.41, 5.74) is -2.16. The predicted molar refractivity (Wildman–Crippen MR) is 87.3 cm³/mol. The smallest absolute Gasteiger partial charge is 0.343 e. The van der Waals surface area contributed by atoms with Crippen LogP contribution < -0.4 is 0 Å². The minimum absolute atomic E-state index is 0.856. The summed E-state index contributed by atoms with van der Waals surface area (Å²) in [6.45, 7) is 0. The molecule has 0 aromatic rings. The second-order valence-corrected chi connectivity index (χ2v) is 9.13. The first-order chi connectivity index (χ1) is 12.8. The third-order valence-electron chi connectivity index (χ3n) is 3.21. The van der Waals surface area contributed by atoms with E-state index < -0.39 is 81.5 Å². The van der Waals surface area contributed by atoms with Gasteiger partial charge in [0, 0.05) is 6.42 Å². The van der Waals surface area contributed by atoms with Gasteiger partial charge in [0.2, 0.25) is 0 Å². The number of carbonyl (C=O) groups is 5. The van der Waals surface area contributed by atoms with E-state index in [2.05, 4.69) is 0 Å². The third kappa shape index (κ3) is 10.1. The fraction of sp³-hybridized carbons (Fsp3) is 0.545. The molecule has 0 bridgehead atoms. The molecule has 0 aliphatic carbocycles. The highest BCUT2D eigenvalue weighted by molar-refractivity contribution is 7.55. The van der Waals surface area contributed by atoms with Crippen LogP contribution >= 0.6 is 15.2 Å². The summed E-state index contributed by atoms with van der Waals surface area (Å²) >= 11 is 0. The molecule has 0 aromatic carbocycles. The number of aliphatic carboxylic acids is 5. The summed E-state index contributed by atoms with van der Waals surface area (Å²) in [5, 5.41) is 39.0. The molecule has 0 fully saturated rings. The van der Waals surface area contributed by atoms with Crippen molar-refractivity contribution >= 4 is 45.0 Å². The minimum Gasteiger partial charge on any atom is -0.481 e. The normalized spacial score (nSPS) is 14.5. The van der Waals surface area contributed by atoms with E-state index in [0.717, 1.165) is 0 Å². The summed E-state index contributed by atoms with van der Waals surface area (Å²) < 4.78 is 21.5. The highest BCUT2D eigenvalue weighted by atomic mass is 31.2. The van der Waals surface area contributed by atoms with E-state index in [4.69, 9.17) is 45.1 Å². The molecule has 168 valence electrons. The average molecular weight is 468 g/mol. The zero-order chi connectivity index (χ0) is 23.8. The molecule has 0 spiro atoms. The van der Waals surface area contributed by atoms with Crippen LogP contribution in [0.1, 0.15) is 25.7 Å². The number of carboxylic acids is 5. The van der Waals surface area contributed by atoms with Crippen LogP contribution in [0, 0.1) is 0 Å². The first kappa shape index (κ1) is 28.9. The van der Waals surface area contributed by atoms with E-state index in [-0.39, 0.29) is 0 Å². The fourth-order valence-electron chi connectivity index (χ4n) is 1.72. The highest BCUT2D eigenvalue weighted by Gasteiger charge is 2.55. The van der Waals surface area contributed by atoms with Crippen LogP contribution in [-0.4, -0.2) is 85.8 Å². The first-order valence-electron chi connectivity index (χ1n) is 7.00. The Hall–Kier alpha value is -2.35. The van der Waals surface area contributed by atoms with Crippen LogP contribution in [0.3, 0.4) is 0 Å². The van der Waals surface area contributed by atoms with Crippen molar-refractivity contribution in [1.82, 2.24) is 0 Å². The van der Waals surface area contributed by atoms with E-state index in [0.29, 0.717) is 0 Å². The van der Waals surface area contributed by atoms with Crippen molar-refractivity contribution in [1.29, 1.82) is 0 Å². The van der Waals surface area contributed by atoms with Crippen molar-refractivity contribution in [2.45, 2.75) is 36.5 Å². The van der Waals surface area contributed by atoms with Crippen LogP contribution in [0.4, 0.5) is 0 Å². The molecule has 2 unspecified atom stereocenters. The Morgan fingerprint density at radius 2 is 1.21 bits per heavy atom. The Kier molecular flexibility index (Phi) is 10.9. The first-order valence-corrected chi connectivity index (χ1v) is 10.3. The average Bonchev–Trinajstić information content (AvgIpc) is 2.46. The molecule has 0 aliphatic rings. The summed E-state index contributed by atoms with van der Waals surface area (Å²) in [7, 11) is -10.2. The Morgan fingerprint density at radius 1 is 0.759 bits per heavy atom. The third-order valence-corrected chi connectivity index (χ3v) is 6.11. The Labute approximate surface area is 160 Å². The standard InChI is InChI=1S/C7H11O9P.C4H7O7P/c8-4(9)1-2-7(6(12)13,3-5(10)11)17(14,15)16;5-3(6)1-2(4(7)8)12(9,10)11/h1-3H2,(H,8,9)(H,10,11)(H,12,13)(H2,14,15,16);2H,1H2,(H,5,6)(H,7,8)(H2,9,10,11). The minimum atomic E-state index is -5.32. The van der Waals surface area contributed by atoms with E-state index in [1.165, 1.54) is 0 Å². The zero-order valence-corrected chi connectivity index (χ0v) is 16.0. The quantitative estimate of drug-likeness (QED) is 0.154. The molecule has 29 heavy (non-hydrogen) atoms. The zero-order valence-electron chi connectivity index (χ0n) is 14.2. The van der Waals surface area contributed by atoms with Gasteiger partial charge in [0.15, 0.2) is 10.8 Å². The van der Waals surface area contributed by atoms with Gasteiger partial charge in [0.05, 0.1) is 12.8 Å². The van der Waals surface area contributed by atoms with Gasteiger partial charge in [-0.2, -0.15) is 0 Å². The lowest BCUT2D eigenvalue weighted by molar-refractivity contribution is -0.148. The van der Waals surface area contributed by atoms with Crippen LogP contribution in [0.25, 0.3) is 0 Å². The lowest BCUT2D eigenvalue weighted by Crippen LogP contribution is -2.41. The Morgan fingerprint density at radius 3 is 1.38 bits per heavy atom. The van der Waals surface area contributed by atoms with Crippen molar-refractivity contribution in [2.75, 3.05) is 0 Å². The van der Waals surface area contributed by atoms with Gasteiger partial charge in [-0.25, -0.2) is 0 Å². The van der Waals surface area contributed by atoms with Crippen LogP contribution in [0.5, 0.6) is 0 Å². The molecule has 0 saturated carbocycles. The Balaban J connectivity index is 0. The molecule has 0 radical (unpaired) electrons. The van der Waals surface area contributed by atoms with E-state index in [9.17, 15) is 33.1 Å². The monoisotopic (exact) mass is 468 g/mol. The SMILES string of the molecule is O=C(O)CC(C(=O)O)P(=O)(O)O.O=C(O)CCC(CC(=O)O)(C(=O)O)P(=O)(O)O. The molecule has 0 amide bonds. The van der Waals surface area contributed by atoms with Gasteiger partial charge in [-0.05, 0) is 6.42 Å². The van der Waals surface area contributed by atoms with Crippen LogP contribution in [0.2, 0.25) is 0 Å². The van der Waals surface area contributed by atoms with Crippen molar-refractivity contribution in [3.63, 3.8) is 0 Å². The van der Waals surface area contributed by atoms with Gasteiger partial charge in [0.25, 0.3) is 0 Å². The maximum atomic E-state index is 11.1. The Bertz CT molecular complexity index is 746. The second kappa shape index (κ2) is 11.0. The van der Waals surface area contributed by atoms with Crippen molar-refractivity contribution in [3.8, 4) is 0 Å². The van der Waals surface area contributed by atoms with E-state index in [1.807, 2.05) is 0 Å². The number of carboxylic acid groups (broad SMARTS) is 5. The molecule has 2 atom stereocenters. The molecular weight excluding hydrogens is 450 g/mol. The summed E-state index contributed by atoms with van der Waals surface area (Å²) in [6.07, 6.45) is -4.25. The maximum absolute atomic E-state index is 11.1. The molecular formula is C11H18O16P2. The molecule has 16 nitrogen and oxygen atoms in total. The van der Waals surface area contributed by atoms with Gasteiger partial charge in [-0.15, -0.1) is 0 Å². The topological polar surface area (TPSA) is 302 Å². The molecule has 0 heterocycles. The lowest BCUT2D eigenvalue weighted by Gasteiger charge is -2.27. The molecule has 18 heteroatoms. The molecule has 0 aliphatic heterocycles. The van der Waals surface area contributed by atoms with E-state index >= 15 is 0 Å². The predicted octanol–water partition coefficient (Wildman–Crippen LogP) is -1.58. The number of hydrogen-bond acceptors (Lipinski definition) is 7. The van der Waals surface area contributed by atoms with Gasteiger partial charge < -0.3 is 45.1 Å². The van der Waals surface area contributed by atoms with Crippen molar-refractivity contribution in [3.05, 3.63) is 0 Å². The maximum Gasteiger partial charge on any atom is 0.343 e. The lowest BCUT2D eigenvalue weighted by atomic mass is 9.98. The fourth-order valence-corrected chi connectivity index (χ4v) is 3.40. The van der Waals surface area contributed by atoms with Gasteiger partial charge >= 0.3 is 45.0 Å². The molecule has 9 N–H and O–H groups in total. The van der Waals surface area contributed by atoms with Gasteiger partial charge in [-0.3, -0.25) is 33.1 Å². The molecule has 0 aromatic heterocycles. The summed E-state index contributed by atoms with van der Waals surface area (Å²) in [4.78, 5) is 86.3. The van der Waals surface area contributed by atoms with Gasteiger partial charge in [0.1, 0.15) is 0 Å². The van der Waals surface area contributed by atoms with Gasteiger partial charge in [-0.1, -0.05) is 0 Å². The second-order valence-electron chi connectivity index (χ2n) is 5.39. The molecule has 0 saturated heterocycles. The van der Waals surface area contributed by atoms with Crippen LogP contribution in [-0.2, 0) is 33.1 Å². The van der Waals surface area contributed by atoms with Crippen molar-refractivity contribution in [2.24, 2.45) is 0 Å². The highest BCUT2D eigenvalue weighted by Crippen LogP contribution is 2.55. The largest absolute Gasteiger partial charge is 0.481 e. The van der Waals surface area contributed by atoms with E-state index in [1.54, 1.807) is 0 Å². The number of rotatable bonds is 11.